The van der Waals surface area contributed by atoms with Crippen LogP contribution < -0.4 is 16.4 Å². The number of hydrogen-bond donors (Lipinski definition) is 6. The van der Waals surface area contributed by atoms with Gasteiger partial charge in [0, 0.05) is 33.1 Å². The average molecular weight is 309 g/mol. The van der Waals surface area contributed by atoms with Crippen molar-refractivity contribution < 1.29 is 29.7 Å². The van der Waals surface area contributed by atoms with E-state index in [0.29, 0.717) is 13.1 Å². The zero-order valence-corrected chi connectivity index (χ0v) is 12.8. The molecule has 0 saturated carbocycles. The Bertz CT molecular complexity index is 282. The van der Waals surface area contributed by atoms with Crippen LogP contribution in [0, 0.1) is 0 Å². The molecule has 0 amide bonds. The Balaban J connectivity index is -0.000000461. The summed E-state index contributed by atoms with van der Waals surface area (Å²) in [5.41, 5.74) is 5.22. The molecule has 9 nitrogen and oxygen atoms in total. The van der Waals surface area contributed by atoms with Gasteiger partial charge >= 0.3 is 11.9 Å². The summed E-state index contributed by atoms with van der Waals surface area (Å²) in [5, 5.41) is 30.0. The molecule has 7 N–H and O–H groups in total. The molecule has 0 aliphatic rings. The fraction of sp³-hybridized carbons (Fsp3) is 0.750. The van der Waals surface area contributed by atoms with E-state index in [-0.39, 0.29) is 19.5 Å². The van der Waals surface area contributed by atoms with Crippen LogP contribution in [-0.2, 0) is 14.4 Å². The Morgan fingerprint density at radius 3 is 1.90 bits per heavy atom. The van der Waals surface area contributed by atoms with Gasteiger partial charge < -0.3 is 31.7 Å². The molecule has 21 heavy (non-hydrogen) atoms. The van der Waals surface area contributed by atoms with Crippen molar-refractivity contribution in [2.75, 3.05) is 26.2 Å². The lowest BCUT2D eigenvalue weighted by Gasteiger charge is -2.14. The van der Waals surface area contributed by atoms with Crippen molar-refractivity contribution in [3.05, 3.63) is 0 Å². The first-order valence-electron chi connectivity index (χ1n) is 6.59. The molecular weight excluding hydrogens is 282 g/mol. The summed E-state index contributed by atoms with van der Waals surface area (Å²) < 4.78 is 0. The van der Waals surface area contributed by atoms with Crippen molar-refractivity contribution in [3.8, 4) is 0 Å². The smallest absolute Gasteiger partial charge is 0.322 e. The third-order valence-corrected chi connectivity index (χ3v) is 1.70. The van der Waals surface area contributed by atoms with Crippen molar-refractivity contribution in [1.29, 1.82) is 0 Å². The van der Waals surface area contributed by atoms with Gasteiger partial charge in [0.15, 0.2) is 0 Å². The number of carboxylic acid groups (broad SMARTS) is 3. The molecule has 0 aromatic rings. The van der Waals surface area contributed by atoms with Crippen LogP contribution in [-0.4, -0.2) is 65.4 Å². The Labute approximate surface area is 124 Å². The minimum absolute atomic E-state index is 0.0246. The van der Waals surface area contributed by atoms with E-state index in [4.69, 9.17) is 25.8 Å². The minimum atomic E-state index is -0.980. The van der Waals surface area contributed by atoms with Gasteiger partial charge in [0.25, 0.3) is 5.97 Å². The highest BCUT2D eigenvalue weighted by Gasteiger charge is 2.15. The van der Waals surface area contributed by atoms with E-state index in [1.807, 2.05) is 13.8 Å². The van der Waals surface area contributed by atoms with Crippen molar-refractivity contribution in [2.24, 2.45) is 5.73 Å². The number of carbonyl (C=O) groups is 3. The summed E-state index contributed by atoms with van der Waals surface area (Å²) in [6.07, 6.45) is -0.0246. The largest absolute Gasteiger partial charge is 0.481 e. The summed E-state index contributed by atoms with van der Waals surface area (Å²) in [4.78, 5) is 29.8. The summed E-state index contributed by atoms with van der Waals surface area (Å²) >= 11 is 0. The van der Waals surface area contributed by atoms with Crippen LogP contribution in [0.1, 0.15) is 27.2 Å². The second-order valence-corrected chi connectivity index (χ2v) is 3.50. The molecule has 0 spiro atoms. The molecule has 0 saturated heterocycles. The van der Waals surface area contributed by atoms with E-state index < -0.39 is 23.9 Å². The first kappa shape index (κ1) is 24.3. The number of nitrogens with one attached hydrogen (secondary N) is 2. The topological polar surface area (TPSA) is 162 Å². The Morgan fingerprint density at radius 2 is 1.57 bits per heavy atom. The van der Waals surface area contributed by atoms with Crippen LogP contribution in [0.25, 0.3) is 0 Å². The average Bonchev–Trinajstić information content (AvgIpc) is 2.39. The van der Waals surface area contributed by atoms with Crippen LogP contribution in [0.3, 0.4) is 0 Å². The maximum Gasteiger partial charge on any atom is 0.322 e. The van der Waals surface area contributed by atoms with Crippen LogP contribution in [0.2, 0.25) is 0 Å². The molecule has 0 heterocycles. The lowest BCUT2D eigenvalue weighted by molar-refractivity contribution is -0.139. The highest BCUT2D eigenvalue weighted by Crippen LogP contribution is 1.83. The highest BCUT2D eigenvalue weighted by atomic mass is 16.4. The maximum absolute atomic E-state index is 10.7. The summed E-state index contributed by atoms with van der Waals surface area (Å²) in [7, 11) is 0. The van der Waals surface area contributed by atoms with E-state index in [1.54, 1.807) is 0 Å². The molecule has 0 rings (SSSR count). The highest BCUT2D eigenvalue weighted by molar-refractivity contribution is 5.73. The molecule has 0 aliphatic heterocycles. The lowest BCUT2D eigenvalue weighted by Crippen LogP contribution is -2.46. The SMILES string of the molecule is CC.CC(=O)O.NCCNC(CNCCC(=O)O)C(=O)O. The minimum Gasteiger partial charge on any atom is -0.481 e. The van der Waals surface area contributed by atoms with Crippen molar-refractivity contribution >= 4 is 17.9 Å². The Morgan fingerprint density at radius 1 is 1.10 bits per heavy atom. The third kappa shape index (κ3) is 27.5. The normalized spacial score (nSPS) is 10.3. The van der Waals surface area contributed by atoms with Gasteiger partial charge in [-0.25, -0.2) is 0 Å². The van der Waals surface area contributed by atoms with E-state index in [0.717, 1.165) is 6.92 Å². The molecule has 0 aliphatic carbocycles. The Kier molecular flexibility index (Phi) is 21.2. The predicted octanol–water partition coefficient (Wildman–Crippen LogP) is -0.831. The fourth-order valence-electron chi connectivity index (χ4n) is 0.946. The maximum atomic E-state index is 10.7. The van der Waals surface area contributed by atoms with Crippen LogP contribution in [0.5, 0.6) is 0 Å². The number of nitrogens with two attached hydrogens (primary N) is 1. The monoisotopic (exact) mass is 309 g/mol. The van der Waals surface area contributed by atoms with Gasteiger partial charge in [0.2, 0.25) is 0 Å². The molecule has 1 unspecified atom stereocenters. The van der Waals surface area contributed by atoms with Crippen molar-refractivity contribution in [1.82, 2.24) is 10.6 Å². The van der Waals surface area contributed by atoms with Gasteiger partial charge in [-0.3, -0.25) is 14.4 Å². The van der Waals surface area contributed by atoms with E-state index in [9.17, 15) is 9.59 Å². The van der Waals surface area contributed by atoms with Gasteiger partial charge in [-0.15, -0.1) is 0 Å². The van der Waals surface area contributed by atoms with Crippen LogP contribution in [0.15, 0.2) is 0 Å². The molecular formula is C12H27N3O6. The van der Waals surface area contributed by atoms with Crippen LogP contribution in [0.4, 0.5) is 0 Å². The number of rotatable bonds is 9. The van der Waals surface area contributed by atoms with Gasteiger partial charge in [0.05, 0.1) is 6.42 Å². The molecule has 126 valence electrons. The molecule has 0 fully saturated rings. The Hall–Kier alpha value is -1.71. The van der Waals surface area contributed by atoms with Crippen molar-refractivity contribution in [3.63, 3.8) is 0 Å². The number of aliphatic carboxylic acids is 3. The zero-order chi connectivity index (χ0) is 17.3. The fourth-order valence-corrected chi connectivity index (χ4v) is 0.946. The van der Waals surface area contributed by atoms with Crippen molar-refractivity contribution in [2.45, 2.75) is 33.2 Å². The third-order valence-electron chi connectivity index (χ3n) is 1.70. The first-order valence-corrected chi connectivity index (χ1v) is 6.59. The summed E-state index contributed by atoms with van der Waals surface area (Å²) in [5.74, 6) is -2.73. The second kappa shape index (κ2) is 18.3. The molecule has 0 radical (unpaired) electrons. The molecule has 9 heteroatoms. The second-order valence-electron chi connectivity index (χ2n) is 3.50. The molecule has 0 aromatic heterocycles. The van der Waals surface area contributed by atoms with Gasteiger partial charge in [0.1, 0.15) is 6.04 Å². The number of hydrogen-bond acceptors (Lipinski definition) is 6. The van der Waals surface area contributed by atoms with E-state index >= 15 is 0 Å². The zero-order valence-electron chi connectivity index (χ0n) is 12.8. The quantitative estimate of drug-likeness (QED) is 0.298. The van der Waals surface area contributed by atoms with E-state index in [1.165, 1.54) is 0 Å². The van der Waals surface area contributed by atoms with E-state index in [2.05, 4.69) is 10.6 Å². The predicted molar refractivity (Wildman–Crippen MR) is 78.3 cm³/mol. The van der Waals surface area contributed by atoms with Gasteiger partial charge in [-0.05, 0) is 0 Å². The lowest BCUT2D eigenvalue weighted by atomic mass is 10.3. The molecule has 0 aromatic carbocycles. The summed E-state index contributed by atoms with van der Waals surface area (Å²) in [6.45, 7) is 6.29. The number of carboxylic acids is 3. The molecule has 1 atom stereocenters. The summed E-state index contributed by atoms with van der Waals surface area (Å²) in [6, 6.07) is -0.734. The first-order chi connectivity index (χ1) is 9.81. The van der Waals surface area contributed by atoms with Crippen LogP contribution >= 0.6 is 0 Å². The van der Waals surface area contributed by atoms with Gasteiger partial charge in [-0.2, -0.15) is 0 Å². The molecule has 0 bridgehead atoms. The standard InChI is InChI=1S/C8H17N3O4.C2H4O2.C2H6/c9-2-4-11-6(8(14)15)5-10-3-1-7(12)13;1-2(3)4;1-2/h6,10-11H,1-5,9H2,(H,12,13)(H,14,15);1H3,(H,3,4);1-2H3. The van der Waals surface area contributed by atoms with Gasteiger partial charge in [-0.1, -0.05) is 13.8 Å².